The van der Waals surface area contributed by atoms with Crippen molar-refractivity contribution in [2.45, 2.75) is 71.8 Å². The SMILES string of the molecule is Cc1cc(-c2ncnc3[nH]c(-c4ccc(NCCNCCC5CCN(c6ccc(N7CCC(=O)NC7=O)c(Cl)c6)CC5)nc4)cc23)ccc1[C@@H](C)NC(=O)c1nc(C(C)(C)C)no1. The van der Waals surface area contributed by atoms with Gasteiger partial charge in [0, 0.05) is 78.7 Å². The number of pyridine rings is 1. The van der Waals surface area contributed by atoms with Gasteiger partial charge in [-0.3, -0.25) is 19.8 Å². The van der Waals surface area contributed by atoms with Crippen LogP contribution in [0.4, 0.5) is 22.0 Å². The van der Waals surface area contributed by atoms with Gasteiger partial charge in [0.1, 0.15) is 17.8 Å². The Hall–Kier alpha value is -6.39. The number of aromatic nitrogens is 6. The maximum atomic E-state index is 12.9. The molecule has 1 atom stereocenters. The molecule has 2 saturated heterocycles. The fourth-order valence-corrected chi connectivity index (χ4v) is 8.42. The number of carbonyl (C=O) groups excluding carboxylic acids is 3. The molecule has 0 unspecified atom stereocenters. The third kappa shape index (κ3) is 9.97. The number of imide groups is 1. The molecule has 6 heterocycles. The van der Waals surface area contributed by atoms with Crippen molar-refractivity contribution in [3.63, 3.8) is 0 Å². The number of benzene rings is 2. The number of H-pyrrole nitrogens is 1. The van der Waals surface area contributed by atoms with E-state index in [0.717, 1.165) is 108 Å². The number of halogens is 1. The number of hydrogen-bond donors (Lipinski definition) is 5. The summed E-state index contributed by atoms with van der Waals surface area (Å²) in [5.41, 5.74) is 7.61. The van der Waals surface area contributed by atoms with Crippen molar-refractivity contribution in [1.29, 1.82) is 0 Å². The summed E-state index contributed by atoms with van der Waals surface area (Å²) in [6.07, 6.45) is 7.00. The highest BCUT2D eigenvalue weighted by molar-refractivity contribution is 6.34. The predicted molar refractivity (Wildman–Crippen MR) is 244 cm³/mol. The Morgan fingerprint density at radius 2 is 1.78 bits per heavy atom. The smallest absolute Gasteiger partial charge is 0.328 e. The van der Waals surface area contributed by atoms with Crippen LogP contribution in [-0.2, 0) is 10.2 Å². The number of amides is 4. The van der Waals surface area contributed by atoms with E-state index in [0.29, 0.717) is 29.0 Å². The summed E-state index contributed by atoms with van der Waals surface area (Å²) in [5, 5.41) is 17.7. The zero-order chi connectivity index (χ0) is 44.3. The van der Waals surface area contributed by atoms with Gasteiger partial charge in [0.2, 0.25) is 5.91 Å². The number of aryl methyl sites for hydroxylation is 1. The second-order valence-electron chi connectivity index (χ2n) is 17.3. The largest absolute Gasteiger partial charge is 0.371 e. The number of urea groups is 1. The quantitative estimate of drug-likeness (QED) is 0.0674. The maximum absolute atomic E-state index is 12.9. The first kappa shape index (κ1) is 43.3. The van der Waals surface area contributed by atoms with Crippen molar-refractivity contribution in [3.05, 3.63) is 95.0 Å². The normalized spacial score (nSPS) is 15.5. The van der Waals surface area contributed by atoms with Gasteiger partial charge in [0.15, 0.2) is 5.82 Å². The standard InChI is InChI=1S/C46H53ClN12O4/c1-27-22-30(6-9-33(27)28(2)53-42(61)43-56-44(57-63-43)46(3,4)5)40-34-24-36(54-41(34)52-26-51-40)31-7-11-38(50-25-31)49-18-17-48-16-12-29-13-19-58(20-14-29)32-8-10-37(35(47)23-32)59-21-15-39(60)55-45(59)62/h6-11,22-26,28-29,48H,12-21H2,1-5H3,(H,49,50)(H,53,61)(H,51,52,54)(H,55,60,62)/t28-/m1/s1. The fraction of sp³-hybridized carbons (Fsp3) is 0.391. The summed E-state index contributed by atoms with van der Waals surface area (Å²) in [5.74, 6) is 1.20. The molecular formula is C46H53ClN12O4. The summed E-state index contributed by atoms with van der Waals surface area (Å²) in [6, 6.07) is 17.2. The number of nitrogens with zero attached hydrogens (tertiary/aromatic N) is 7. The molecule has 2 aliphatic heterocycles. The molecule has 5 N–H and O–H groups in total. The lowest BCUT2D eigenvalue weighted by Crippen LogP contribution is -2.49. The molecule has 0 bridgehead atoms. The molecule has 17 heteroatoms. The van der Waals surface area contributed by atoms with Crippen LogP contribution in [-0.4, -0.2) is 87.2 Å². The van der Waals surface area contributed by atoms with Crippen LogP contribution in [0, 0.1) is 12.8 Å². The number of piperidine rings is 1. The number of fused-ring (bicyclic) bond motifs is 1. The van der Waals surface area contributed by atoms with Gasteiger partial charge in [-0.25, -0.2) is 19.7 Å². The first-order valence-electron chi connectivity index (χ1n) is 21.5. The topological polar surface area (TPSA) is 199 Å². The maximum Gasteiger partial charge on any atom is 0.328 e. The fourth-order valence-electron chi connectivity index (χ4n) is 8.14. The molecule has 2 aliphatic rings. The molecule has 0 spiro atoms. The van der Waals surface area contributed by atoms with Gasteiger partial charge in [-0.05, 0) is 99.2 Å². The van der Waals surface area contributed by atoms with Crippen LogP contribution in [0.5, 0.6) is 0 Å². The Labute approximate surface area is 371 Å². The van der Waals surface area contributed by atoms with Gasteiger partial charge in [-0.15, -0.1) is 0 Å². The Bertz CT molecular complexity index is 2610. The molecule has 0 radical (unpaired) electrons. The van der Waals surface area contributed by atoms with E-state index in [9.17, 15) is 14.4 Å². The van der Waals surface area contributed by atoms with Crippen LogP contribution < -0.4 is 31.1 Å². The molecule has 2 fully saturated rings. The Balaban J connectivity index is 0.780. The van der Waals surface area contributed by atoms with Crippen molar-refractivity contribution in [2.24, 2.45) is 5.92 Å². The van der Waals surface area contributed by atoms with E-state index in [1.165, 1.54) is 4.90 Å². The summed E-state index contributed by atoms with van der Waals surface area (Å²) < 4.78 is 5.23. The summed E-state index contributed by atoms with van der Waals surface area (Å²) >= 11 is 6.60. The average Bonchev–Trinajstić information content (AvgIpc) is 3.95. The Morgan fingerprint density at radius 1 is 0.968 bits per heavy atom. The van der Waals surface area contributed by atoms with Crippen LogP contribution in [0.1, 0.15) is 87.1 Å². The van der Waals surface area contributed by atoms with Gasteiger partial charge in [0.05, 0.1) is 22.4 Å². The second kappa shape index (κ2) is 18.5. The van der Waals surface area contributed by atoms with Crippen LogP contribution in [0.2, 0.25) is 5.02 Å². The van der Waals surface area contributed by atoms with Crippen molar-refractivity contribution < 1.29 is 18.9 Å². The minimum atomic E-state index is -0.433. The third-order valence-corrected chi connectivity index (χ3v) is 12.0. The average molecular weight is 873 g/mol. The number of aromatic amines is 1. The molecule has 2 aromatic carbocycles. The number of rotatable bonds is 14. The third-order valence-electron chi connectivity index (χ3n) is 11.7. The molecular weight excluding hydrogens is 820 g/mol. The van der Waals surface area contributed by atoms with E-state index in [-0.39, 0.29) is 29.7 Å². The molecule has 0 aliphatic carbocycles. The zero-order valence-electron chi connectivity index (χ0n) is 36.2. The highest BCUT2D eigenvalue weighted by Gasteiger charge is 2.28. The predicted octanol–water partition coefficient (Wildman–Crippen LogP) is 7.57. The lowest BCUT2D eigenvalue weighted by Gasteiger charge is -2.34. The van der Waals surface area contributed by atoms with Crippen molar-refractivity contribution >= 4 is 57.7 Å². The van der Waals surface area contributed by atoms with Crippen molar-refractivity contribution in [1.82, 2.24) is 46.0 Å². The van der Waals surface area contributed by atoms with Gasteiger partial charge >= 0.3 is 17.8 Å². The molecule has 8 rings (SSSR count). The molecule has 0 saturated carbocycles. The Morgan fingerprint density at radius 3 is 2.49 bits per heavy atom. The Kier molecular flexibility index (Phi) is 12.7. The van der Waals surface area contributed by atoms with Gasteiger partial charge in [-0.2, -0.15) is 4.98 Å². The first-order valence-corrected chi connectivity index (χ1v) is 21.8. The zero-order valence-corrected chi connectivity index (χ0v) is 37.0. The summed E-state index contributed by atoms with van der Waals surface area (Å²) in [7, 11) is 0. The molecule has 4 aromatic heterocycles. The molecule has 4 amide bonds. The number of anilines is 3. The molecule has 6 aromatic rings. The minimum absolute atomic E-state index is 0.0552. The van der Waals surface area contributed by atoms with Gasteiger partial charge < -0.3 is 30.4 Å². The monoisotopic (exact) mass is 872 g/mol. The molecule has 63 heavy (non-hydrogen) atoms. The highest BCUT2D eigenvalue weighted by atomic mass is 35.5. The van der Waals surface area contributed by atoms with E-state index >= 15 is 0 Å². The summed E-state index contributed by atoms with van der Waals surface area (Å²) in [6.45, 7) is 14.6. The number of hydrogen-bond acceptors (Lipinski definition) is 12. The minimum Gasteiger partial charge on any atom is -0.371 e. The second-order valence-corrected chi connectivity index (χ2v) is 17.7. The van der Waals surface area contributed by atoms with Crippen LogP contribution in [0.3, 0.4) is 0 Å². The van der Waals surface area contributed by atoms with E-state index in [1.807, 2.05) is 83.3 Å². The van der Waals surface area contributed by atoms with E-state index < -0.39 is 11.9 Å². The summed E-state index contributed by atoms with van der Waals surface area (Å²) in [4.78, 5) is 62.2. The van der Waals surface area contributed by atoms with Crippen LogP contribution in [0.25, 0.3) is 33.5 Å². The van der Waals surface area contributed by atoms with Gasteiger partial charge in [-0.1, -0.05) is 49.7 Å². The highest BCUT2D eigenvalue weighted by Crippen LogP contribution is 2.35. The lowest BCUT2D eigenvalue weighted by atomic mass is 9.93. The number of nitrogens with one attached hydrogen (secondary N) is 5. The van der Waals surface area contributed by atoms with E-state index in [4.69, 9.17) is 16.1 Å². The lowest BCUT2D eigenvalue weighted by molar-refractivity contribution is -0.120. The van der Waals surface area contributed by atoms with Gasteiger partial charge in [0.25, 0.3) is 0 Å². The van der Waals surface area contributed by atoms with Crippen LogP contribution in [0.15, 0.2) is 71.6 Å². The molecule has 16 nitrogen and oxygen atoms in total. The van der Waals surface area contributed by atoms with E-state index in [2.05, 4.69) is 68.4 Å². The molecule has 328 valence electrons. The van der Waals surface area contributed by atoms with Crippen molar-refractivity contribution in [2.75, 3.05) is 54.4 Å². The van der Waals surface area contributed by atoms with E-state index in [1.54, 1.807) is 6.33 Å². The number of carbonyl (C=O) groups is 3. The first-order chi connectivity index (χ1) is 30.3. The van der Waals surface area contributed by atoms with Crippen molar-refractivity contribution in [3.8, 4) is 22.5 Å². The van der Waals surface area contributed by atoms with Crippen LogP contribution >= 0.6 is 11.6 Å².